The summed E-state index contributed by atoms with van der Waals surface area (Å²) in [5.74, 6) is 0.173. The number of amidine groups is 1. The average molecular weight is 960 g/mol. The van der Waals surface area contributed by atoms with Crippen molar-refractivity contribution in [2.45, 2.75) is 83.6 Å². The van der Waals surface area contributed by atoms with Crippen LogP contribution in [0.2, 0.25) is 0 Å². The third kappa shape index (κ3) is 27.5. The zero-order valence-corrected chi connectivity index (χ0v) is 41.5. The van der Waals surface area contributed by atoms with Gasteiger partial charge in [-0.15, -0.1) is 0 Å². The quantitative estimate of drug-likeness (QED) is 0.0862. The van der Waals surface area contributed by atoms with Crippen LogP contribution in [0.1, 0.15) is 78.7 Å². The molecule has 19 nitrogen and oxygen atoms in total. The summed E-state index contributed by atoms with van der Waals surface area (Å²) in [5.41, 5.74) is 7.25. The summed E-state index contributed by atoms with van der Waals surface area (Å²) in [5, 5.41) is 2.65. The first-order valence-corrected chi connectivity index (χ1v) is 24.8. The Labute approximate surface area is 394 Å². The summed E-state index contributed by atoms with van der Waals surface area (Å²) in [7, 11) is -2.33. The maximum Gasteiger partial charge on any atom is 0.407 e. The molecule has 2 amide bonds. The summed E-state index contributed by atoms with van der Waals surface area (Å²) >= 11 is 0. The summed E-state index contributed by atoms with van der Waals surface area (Å²) < 4.78 is 83.0. The zero-order valence-electron chi connectivity index (χ0n) is 40.7. The maximum atomic E-state index is 13.4. The number of nitrogens with zero attached hydrogens (tertiary/aromatic N) is 3. The van der Waals surface area contributed by atoms with Gasteiger partial charge in [-0.1, -0.05) is 19.9 Å². The Kier molecular flexibility index (Phi) is 31.9. The molecule has 0 aromatic heterocycles. The second kappa shape index (κ2) is 35.8. The largest absolute Gasteiger partial charge is 0.444 e. The van der Waals surface area contributed by atoms with E-state index in [1.165, 1.54) is 23.5 Å². The van der Waals surface area contributed by atoms with Crippen LogP contribution in [-0.2, 0) is 62.2 Å². The van der Waals surface area contributed by atoms with Crippen LogP contribution in [0.15, 0.2) is 33.7 Å². The predicted molar refractivity (Wildman–Crippen MR) is 253 cm³/mol. The Morgan fingerprint density at radius 3 is 1.59 bits per heavy atom. The van der Waals surface area contributed by atoms with Crippen molar-refractivity contribution in [1.29, 1.82) is 0 Å². The topological polar surface area (TPSA) is 217 Å². The van der Waals surface area contributed by atoms with Crippen molar-refractivity contribution in [2.75, 3.05) is 152 Å². The molecule has 0 fully saturated rings. The molecular formula is C46H81N5O14S. The number of aliphatic imine (C=N–C) groups is 1. The molecule has 1 aliphatic heterocycles. The molecule has 20 heteroatoms. The van der Waals surface area contributed by atoms with Gasteiger partial charge in [-0.25, -0.2) is 18.2 Å². The van der Waals surface area contributed by atoms with E-state index >= 15 is 0 Å². The SMILES string of the molecule is CCCN(CCC)C(=O)C1=Cc2ccc(S(=O)(=O)N(C)CCOCCOCCOCCOCCOCCOCCOCCCCCOCCOCCNC(=O)OC(C)(C)C)cc2N=C(N)C1. The summed E-state index contributed by atoms with van der Waals surface area (Å²) in [6, 6.07) is 4.68. The van der Waals surface area contributed by atoms with Crippen LogP contribution in [0.3, 0.4) is 0 Å². The van der Waals surface area contributed by atoms with E-state index < -0.39 is 21.7 Å². The minimum atomic E-state index is -3.83. The molecule has 0 spiro atoms. The number of nitrogens with two attached hydrogens (primary N) is 1. The minimum absolute atomic E-state index is 0.0790. The van der Waals surface area contributed by atoms with Gasteiger partial charge in [0.15, 0.2) is 0 Å². The molecule has 0 saturated carbocycles. The molecule has 1 heterocycles. The van der Waals surface area contributed by atoms with E-state index in [4.69, 9.17) is 53.1 Å². The highest BCUT2D eigenvalue weighted by Crippen LogP contribution is 2.30. The molecule has 0 saturated heterocycles. The van der Waals surface area contributed by atoms with Crippen LogP contribution < -0.4 is 11.1 Å². The molecule has 0 radical (unpaired) electrons. The van der Waals surface area contributed by atoms with Gasteiger partial charge in [0.2, 0.25) is 15.9 Å². The van der Waals surface area contributed by atoms with Crippen LogP contribution in [0, 0.1) is 0 Å². The number of hydrogen-bond donors (Lipinski definition) is 2. The summed E-state index contributed by atoms with van der Waals surface area (Å²) in [6.07, 6.45) is 6.14. The molecule has 0 bridgehead atoms. The fourth-order valence-corrected chi connectivity index (χ4v) is 7.26. The number of likely N-dealkylation sites (N-methyl/N-ethyl adjacent to an activating group) is 1. The van der Waals surface area contributed by atoms with Crippen molar-refractivity contribution in [3.63, 3.8) is 0 Å². The Morgan fingerprint density at radius 1 is 0.667 bits per heavy atom. The highest BCUT2D eigenvalue weighted by Gasteiger charge is 2.25. The first kappa shape index (κ1) is 58.8. The average Bonchev–Trinajstić information content (AvgIpc) is 3.44. The van der Waals surface area contributed by atoms with Gasteiger partial charge in [-0.2, -0.15) is 4.31 Å². The molecule has 3 N–H and O–H groups in total. The van der Waals surface area contributed by atoms with Gasteiger partial charge >= 0.3 is 6.09 Å². The lowest BCUT2D eigenvalue weighted by Crippen LogP contribution is -2.34. The number of hydrogen-bond acceptors (Lipinski definition) is 16. The van der Waals surface area contributed by atoms with Gasteiger partial charge < -0.3 is 63.3 Å². The molecule has 0 aliphatic carbocycles. The van der Waals surface area contributed by atoms with E-state index in [1.54, 1.807) is 12.1 Å². The minimum Gasteiger partial charge on any atom is -0.444 e. The predicted octanol–water partition coefficient (Wildman–Crippen LogP) is 4.58. The fraction of sp³-hybridized carbons (Fsp3) is 0.761. The number of carbonyl (C=O) groups is 2. The third-order valence-electron chi connectivity index (χ3n) is 9.37. The van der Waals surface area contributed by atoms with Gasteiger partial charge in [0.05, 0.1) is 116 Å². The number of alkyl carbamates (subject to hydrolysis) is 1. The van der Waals surface area contributed by atoms with Crippen LogP contribution >= 0.6 is 0 Å². The van der Waals surface area contributed by atoms with Crippen molar-refractivity contribution in [3.8, 4) is 0 Å². The monoisotopic (exact) mass is 960 g/mol. The lowest BCUT2D eigenvalue weighted by Gasteiger charge is -2.22. The number of carbonyl (C=O) groups excluding carboxylic acids is 2. The summed E-state index contributed by atoms with van der Waals surface area (Å²) in [6.45, 7) is 19.6. The lowest BCUT2D eigenvalue weighted by molar-refractivity contribution is -0.127. The molecular weight excluding hydrogens is 879 g/mol. The molecule has 0 unspecified atom stereocenters. The third-order valence-corrected chi connectivity index (χ3v) is 11.2. The highest BCUT2D eigenvalue weighted by molar-refractivity contribution is 7.89. The number of amides is 2. The molecule has 1 aliphatic rings. The Morgan fingerprint density at radius 2 is 1.12 bits per heavy atom. The normalized spacial score (nSPS) is 13.0. The van der Waals surface area contributed by atoms with Gasteiger partial charge in [-0.3, -0.25) is 4.79 Å². The first-order valence-electron chi connectivity index (χ1n) is 23.4. The maximum absolute atomic E-state index is 13.4. The number of ether oxygens (including phenoxy) is 10. The van der Waals surface area contributed by atoms with Crippen LogP contribution in [-0.4, -0.2) is 193 Å². The second-order valence-electron chi connectivity index (χ2n) is 16.3. The Bertz CT molecular complexity index is 1640. The van der Waals surface area contributed by atoms with Gasteiger partial charge in [0.1, 0.15) is 11.4 Å². The number of unbranched alkanes of at least 4 members (excludes halogenated alkanes) is 2. The standard InChI is InChI=1S/C46H81N5O14S/c1-7-15-51(16-8-2)44(52)40-36-39-12-13-41(38-42(39)49-43(47)37-40)66(54,55)50(6)17-21-59-25-27-61-29-31-63-33-35-64-34-32-62-30-28-60-26-23-57-19-11-9-10-18-56-22-24-58-20-14-48-45(53)65-46(3,4)5/h12-13,36,38H,7-11,14-35,37H2,1-6H3,(H2,47,49)(H,48,53). The van der Waals surface area contributed by atoms with E-state index in [0.717, 1.165) is 32.1 Å². The van der Waals surface area contributed by atoms with Crippen LogP contribution in [0.4, 0.5) is 10.5 Å². The van der Waals surface area contributed by atoms with Crippen molar-refractivity contribution in [1.82, 2.24) is 14.5 Å². The first-order chi connectivity index (χ1) is 31.8. The number of nitrogens with one attached hydrogen (secondary N) is 1. The molecule has 1 aromatic rings. The smallest absolute Gasteiger partial charge is 0.407 e. The molecule has 380 valence electrons. The van der Waals surface area contributed by atoms with E-state index in [1.807, 2.05) is 39.5 Å². The number of rotatable bonds is 40. The Balaban J connectivity index is 1.36. The highest BCUT2D eigenvalue weighted by atomic mass is 32.2. The van der Waals surface area contributed by atoms with Crippen molar-refractivity contribution < 1.29 is 65.4 Å². The summed E-state index contributed by atoms with van der Waals surface area (Å²) in [4.78, 5) is 31.2. The van der Waals surface area contributed by atoms with Crippen molar-refractivity contribution >= 4 is 39.6 Å². The van der Waals surface area contributed by atoms with Gasteiger partial charge in [-0.05, 0) is 71.1 Å². The number of fused-ring (bicyclic) bond motifs is 1. The molecule has 0 atom stereocenters. The van der Waals surface area contributed by atoms with E-state index in [0.29, 0.717) is 149 Å². The number of benzene rings is 1. The fourth-order valence-electron chi connectivity index (χ4n) is 6.09. The molecule has 1 aromatic carbocycles. The van der Waals surface area contributed by atoms with Crippen LogP contribution in [0.25, 0.3) is 6.08 Å². The van der Waals surface area contributed by atoms with Gasteiger partial charge in [0.25, 0.3) is 0 Å². The zero-order chi connectivity index (χ0) is 48.3. The van der Waals surface area contributed by atoms with Crippen molar-refractivity contribution in [2.24, 2.45) is 10.7 Å². The lowest BCUT2D eigenvalue weighted by atomic mass is 10.1. The molecule has 66 heavy (non-hydrogen) atoms. The van der Waals surface area contributed by atoms with E-state index in [9.17, 15) is 18.0 Å². The van der Waals surface area contributed by atoms with Gasteiger partial charge in [0, 0.05) is 64.0 Å². The number of sulfonamides is 1. The second-order valence-corrected chi connectivity index (χ2v) is 18.3. The Hall–Kier alpha value is -3.28. The molecule has 2 rings (SSSR count). The van der Waals surface area contributed by atoms with Crippen molar-refractivity contribution in [3.05, 3.63) is 29.3 Å². The van der Waals surface area contributed by atoms with E-state index in [2.05, 4.69) is 10.3 Å². The van der Waals surface area contributed by atoms with E-state index in [-0.39, 0.29) is 36.2 Å². The van der Waals surface area contributed by atoms with Crippen LogP contribution in [0.5, 0.6) is 0 Å².